The summed E-state index contributed by atoms with van der Waals surface area (Å²) in [4.78, 5) is 153. The summed E-state index contributed by atoms with van der Waals surface area (Å²) in [5.41, 5.74) is 38.9. The van der Waals surface area contributed by atoms with E-state index < -0.39 is 132 Å². The number of nitrogens with two attached hydrogens (primary N) is 6. The molecular weight excluding hydrogens is 1270 g/mol. The first-order chi connectivity index (χ1) is 47.5. The number of nitrogens with zero attached hydrogens (tertiary/aromatic N) is 1. The number of rotatable bonds is 42. The van der Waals surface area contributed by atoms with E-state index in [1.807, 2.05) is 48.5 Å². The molecule has 99 heavy (non-hydrogen) atoms. The van der Waals surface area contributed by atoms with Gasteiger partial charge in [0.1, 0.15) is 54.4 Å². The number of aliphatic hydroxyl groups excluding tert-OH is 1. The third kappa shape index (κ3) is 24.4. The minimum atomic E-state index is -1.72. The number of carbonyl (C=O) groups excluding carboxylic acids is 10. The number of primary amides is 1. The van der Waals surface area contributed by atoms with Crippen molar-refractivity contribution in [1.29, 1.82) is 0 Å². The fraction of sp³-hybridized carbons (Fsp3) is 0.443. The Labute approximate surface area is 575 Å². The molecule has 10 amide bonds. The number of aromatic amines is 2. The predicted octanol–water partition coefficient (Wildman–Crippen LogP) is -0.535. The quantitative estimate of drug-likeness (QED) is 0.0130. The molecule has 4 aromatic carbocycles. The summed E-state index contributed by atoms with van der Waals surface area (Å²) in [6.07, 6.45) is 3.58. The van der Waals surface area contributed by atoms with E-state index in [4.69, 9.17) is 34.4 Å². The fourth-order valence-electron chi connectivity index (χ4n) is 11.4. The van der Waals surface area contributed by atoms with Gasteiger partial charge in [0.25, 0.3) is 0 Å². The number of hydrogen-bond acceptors (Lipinski definition) is 15. The van der Waals surface area contributed by atoms with Crippen LogP contribution in [0.3, 0.4) is 0 Å². The number of unbranched alkanes of at least 4 members (excludes halogenated alkanes) is 2. The van der Waals surface area contributed by atoms with E-state index in [-0.39, 0.29) is 77.0 Å². The van der Waals surface area contributed by atoms with E-state index in [1.54, 1.807) is 86.9 Å². The second kappa shape index (κ2) is 39.9. The molecule has 11 atom stereocenters. The Balaban J connectivity index is 1.21. The van der Waals surface area contributed by atoms with Crippen LogP contribution < -0.4 is 82.3 Å². The van der Waals surface area contributed by atoms with Gasteiger partial charge in [0.05, 0.1) is 12.6 Å². The maximum absolute atomic E-state index is 14.8. The lowest BCUT2D eigenvalue weighted by Crippen LogP contribution is -2.62. The third-order valence-electron chi connectivity index (χ3n) is 17.1. The summed E-state index contributed by atoms with van der Waals surface area (Å²) >= 11 is 0. The van der Waals surface area contributed by atoms with Gasteiger partial charge in [-0.15, -0.1) is 0 Å². The normalized spacial score (nSPS) is 14.6. The van der Waals surface area contributed by atoms with Crippen LogP contribution in [0.1, 0.15) is 101 Å². The molecule has 0 aliphatic heterocycles. The molecule has 0 fully saturated rings. The molecule has 24 N–H and O–H groups in total. The minimum absolute atomic E-state index is 0.0105. The number of benzene rings is 4. The summed E-state index contributed by atoms with van der Waals surface area (Å²) in [5.74, 6) is -8.93. The number of fused-ring (bicyclic) bond motifs is 2. The van der Waals surface area contributed by atoms with E-state index in [9.17, 15) is 53.1 Å². The van der Waals surface area contributed by atoms with E-state index >= 15 is 0 Å². The van der Waals surface area contributed by atoms with Gasteiger partial charge in [0.15, 0.2) is 5.96 Å². The van der Waals surface area contributed by atoms with E-state index in [2.05, 4.69) is 62.8 Å². The van der Waals surface area contributed by atoms with Gasteiger partial charge in [-0.1, -0.05) is 117 Å². The molecule has 2 heterocycles. The summed E-state index contributed by atoms with van der Waals surface area (Å²) in [5, 5.41) is 37.3. The topological polar surface area (TPSA) is 499 Å². The van der Waals surface area contributed by atoms with Crippen molar-refractivity contribution in [3.63, 3.8) is 0 Å². The molecule has 6 rings (SSSR count). The van der Waals surface area contributed by atoms with Crippen molar-refractivity contribution in [2.24, 2.45) is 45.3 Å². The molecule has 0 aliphatic rings. The first-order valence-corrected chi connectivity index (χ1v) is 33.6. The lowest BCUT2D eigenvalue weighted by atomic mass is 9.96. The zero-order chi connectivity index (χ0) is 72.0. The lowest BCUT2D eigenvalue weighted by molar-refractivity contribution is -0.137. The van der Waals surface area contributed by atoms with Gasteiger partial charge < -0.3 is 97.3 Å². The van der Waals surface area contributed by atoms with Crippen LogP contribution in [0.25, 0.3) is 21.8 Å². The van der Waals surface area contributed by atoms with E-state index in [1.165, 1.54) is 6.92 Å². The van der Waals surface area contributed by atoms with E-state index in [0.29, 0.717) is 54.4 Å². The number of carbonyl (C=O) groups is 10. The zero-order valence-corrected chi connectivity index (χ0v) is 56.4. The van der Waals surface area contributed by atoms with Gasteiger partial charge >= 0.3 is 0 Å². The number of amides is 10. The molecule has 0 aliphatic carbocycles. The molecule has 0 saturated heterocycles. The van der Waals surface area contributed by atoms with Crippen molar-refractivity contribution in [3.05, 3.63) is 144 Å². The van der Waals surface area contributed by atoms with Crippen molar-refractivity contribution in [3.8, 4) is 0 Å². The van der Waals surface area contributed by atoms with Crippen LogP contribution in [0.2, 0.25) is 0 Å². The number of H-pyrrole nitrogens is 2. The molecule has 6 aromatic rings. The number of para-hydroxylation sites is 2. The third-order valence-corrected chi connectivity index (χ3v) is 17.1. The first kappa shape index (κ1) is 77.8. The second-order valence-corrected chi connectivity index (χ2v) is 24.7. The second-order valence-electron chi connectivity index (χ2n) is 24.7. The number of hydrogen-bond donors (Lipinski definition) is 18. The Morgan fingerprint density at radius 2 is 0.808 bits per heavy atom. The molecule has 0 unspecified atom stereocenters. The predicted molar refractivity (Wildman–Crippen MR) is 377 cm³/mol. The average molecular weight is 1370 g/mol. The van der Waals surface area contributed by atoms with Crippen LogP contribution in [-0.2, 0) is 73.6 Å². The van der Waals surface area contributed by atoms with Gasteiger partial charge in [-0.3, -0.25) is 52.9 Å². The van der Waals surface area contributed by atoms with Crippen molar-refractivity contribution >= 4 is 86.8 Å². The summed E-state index contributed by atoms with van der Waals surface area (Å²) in [7, 11) is 0. The van der Waals surface area contributed by atoms with Crippen molar-refractivity contribution in [1.82, 2.24) is 57.8 Å². The molecule has 0 spiro atoms. The molecule has 29 heteroatoms. The molecule has 0 radical (unpaired) electrons. The van der Waals surface area contributed by atoms with Gasteiger partial charge in [-0.2, -0.15) is 0 Å². The molecule has 29 nitrogen and oxygen atoms in total. The van der Waals surface area contributed by atoms with E-state index in [0.717, 1.165) is 21.8 Å². The highest BCUT2D eigenvalue weighted by Gasteiger charge is 2.38. The number of aliphatic imine (C=N–C) groups is 1. The molecule has 534 valence electrons. The van der Waals surface area contributed by atoms with Crippen LogP contribution in [0.4, 0.5) is 0 Å². The van der Waals surface area contributed by atoms with Crippen LogP contribution in [-0.4, -0.2) is 167 Å². The van der Waals surface area contributed by atoms with Gasteiger partial charge in [-0.25, -0.2) is 0 Å². The molecule has 0 bridgehead atoms. The Morgan fingerprint density at radius 3 is 1.25 bits per heavy atom. The van der Waals surface area contributed by atoms with Crippen LogP contribution in [0.15, 0.2) is 127 Å². The minimum Gasteiger partial charge on any atom is -0.391 e. The Morgan fingerprint density at radius 1 is 0.434 bits per heavy atom. The summed E-state index contributed by atoms with van der Waals surface area (Å²) < 4.78 is 0. The Hall–Kier alpha value is -10.2. The average Bonchev–Trinajstić information content (AvgIpc) is 1.75. The van der Waals surface area contributed by atoms with Crippen LogP contribution in [0, 0.1) is 5.92 Å². The molecule has 2 aromatic heterocycles. The number of guanidine groups is 1. The summed E-state index contributed by atoms with van der Waals surface area (Å²) in [6, 6.07) is 20.0. The number of nitrogens with one attached hydrogen (secondary N) is 11. The smallest absolute Gasteiger partial charge is 0.245 e. The highest BCUT2D eigenvalue weighted by atomic mass is 16.3. The number of aliphatic hydroxyl groups is 1. The number of aromatic nitrogens is 2. The first-order valence-electron chi connectivity index (χ1n) is 33.6. The van der Waals surface area contributed by atoms with Crippen molar-refractivity contribution in [2.45, 2.75) is 165 Å². The maximum atomic E-state index is 14.8. The maximum Gasteiger partial charge on any atom is 0.245 e. The Bertz CT molecular complexity index is 3670. The van der Waals surface area contributed by atoms with Gasteiger partial charge in [-0.05, 0) is 112 Å². The largest absolute Gasteiger partial charge is 0.391 e. The summed E-state index contributed by atoms with van der Waals surface area (Å²) in [6.45, 7) is 4.78. The van der Waals surface area contributed by atoms with Gasteiger partial charge in [0, 0.05) is 66.4 Å². The molecular formula is C70H98N18O11. The fourth-order valence-corrected chi connectivity index (χ4v) is 11.4. The Kier molecular flexibility index (Phi) is 31.3. The highest BCUT2D eigenvalue weighted by molar-refractivity contribution is 5.99. The zero-order valence-electron chi connectivity index (χ0n) is 56.4. The standard InChI is InChI=1S/C70H98N18O11/c1-4-41(2)59(68(98)83-52(29-16-18-32-72)64(94)88-60(42(3)89)69(99)86-56(35-44-22-9-6-10-23-44)66(96)84-54(61(74)91)36-45-39-78-49-26-13-11-24-47(45)49)87-63(93)53(30-19-33-77-70(75)76)81-62(92)51(28-15-17-31-71)82-65(95)55(34-43-20-7-5-8-21-43)85-67(97)57(80-58(90)38-73)37-46-40-79-50-27-14-12-25-48(46)50/h5-14,20-27,39-42,51-57,59-60,78-79,89H,4,15-19,28-38,71-73H2,1-3H3,(H2,74,91)(H,80,90)(H,81,92)(H,82,95)(H,83,98)(H,84,96)(H,85,97)(H,86,99)(H,87,93)(H,88,94)(H4,75,76,77)/t41-,42+,51-,52-,53-,54-,55-,56-,57-,59-,60-/m0/s1. The SMILES string of the molecule is CC[C@H](C)[C@H](NC(=O)[C@H](CCCN=C(N)N)NC(=O)[C@H](CCCCN)NC(=O)[C@H](Cc1ccccc1)NC(=O)[C@H](Cc1c[nH]c2ccccc12)NC(=O)CN)C(=O)N[C@@H](CCCCN)C(=O)N[C@H](C(=O)N[C@@H](Cc1ccccc1)C(=O)N[C@@H](Cc1c[nH]c2ccccc12)C(N)=O)[C@@H](C)O. The highest BCUT2D eigenvalue weighted by Crippen LogP contribution is 2.22. The monoisotopic (exact) mass is 1370 g/mol. The van der Waals surface area contributed by atoms with Gasteiger partial charge in [0.2, 0.25) is 59.1 Å². The van der Waals surface area contributed by atoms with Crippen LogP contribution >= 0.6 is 0 Å². The van der Waals surface area contributed by atoms with Crippen molar-refractivity contribution in [2.75, 3.05) is 26.2 Å². The van der Waals surface area contributed by atoms with Crippen molar-refractivity contribution < 1.29 is 53.1 Å². The van der Waals surface area contributed by atoms with Crippen LogP contribution in [0.5, 0.6) is 0 Å². The molecule has 0 saturated carbocycles. The lowest BCUT2D eigenvalue weighted by Gasteiger charge is -2.30.